The molecule has 7 nitrogen and oxygen atoms in total. The summed E-state index contributed by atoms with van der Waals surface area (Å²) in [7, 11) is -3.82. The lowest BCUT2D eigenvalue weighted by atomic mass is 10.1. The van der Waals surface area contributed by atoms with Crippen LogP contribution < -0.4 is 4.89 Å². The number of carbonyl (C=O) groups is 2. The van der Waals surface area contributed by atoms with Gasteiger partial charge in [0.15, 0.2) is 0 Å². The van der Waals surface area contributed by atoms with E-state index in [-0.39, 0.29) is 29.9 Å². The predicted octanol–water partition coefficient (Wildman–Crippen LogP) is 2.51. The number of rotatable bonds is 7. The third kappa shape index (κ3) is 3.84. The highest BCUT2D eigenvalue weighted by atomic mass is 32.2. The van der Waals surface area contributed by atoms with Crippen molar-refractivity contribution < 1.29 is 22.8 Å². The molecule has 0 aromatic heterocycles. The van der Waals surface area contributed by atoms with Crippen molar-refractivity contribution in [2.75, 3.05) is 13.2 Å². The first-order chi connectivity index (χ1) is 13.2. The average molecular weight is 402 g/mol. The van der Waals surface area contributed by atoms with Gasteiger partial charge in [-0.3, -0.25) is 19.3 Å². The van der Waals surface area contributed by atoms with Crippen LogP contribution >= 0.6 is 0 Å². The molecule has 2 amide bonds. The summed E-state index contributed by atoms with van der Waals surface area (Å²) < 4.78 is 25.0. The van der Waals surface area contributed by atoms with Gasteiger partial charge in [0.1, 0.15) is 0 Å². The first kappa shape index (κ1) is 20.2. The molecule has 0 saturated carbocycles. The molecule has 1 N–H and O–H groups in total. The Labute approximate surface area is 164 Å². The van der Waals surface area contributed by atoms with E-state index < -0.39 is 10.0 Å². The van der Waals surface area contributed by atoms with Gasteiger partial charge in [0.2, 0.25) is 0 Å². The quantitative estimate of drug-likeness (QED) is 0.436. The van der Waals surface area contributed by atoms with Crippen molar-refractivity contribution in [2.24, 2.45) is 0 Å². The maximum absolute atomic E-state index is 12.5. The third-order valence-electron chi connectivity index (χ3n) is 4.55. The molecule has 148 valence electrons. The monoisotopic (exact) mass is 402 g/mol. The second-order valence-corrected chi connectivity index (χ2v) is 8.41. The van der Waals surface area contributed by atoms with Crippen LogP contribution in [0.4, 0.5) is 0 Å². The van der Waals surface area contributed by atoms with Crippen LogP contribution in [0.2, 0.25) is 0 Å². The fraction of sp³-hybridized carbons (Fsp3) is 0.300. The second-order valence-electron chi connectivity index (χ2n) is 6.82. The summed E-state index contributed by atoms with van der Waals surface area (Å²) in [5, 5.41) is 0. The topological polar surface area (TPSA) is 92.8 Å². The molecule has 1 aliphatic rings. The highest BCUT2D eigenvalue weighted by Gasteiger charge is 2.34. The van der Waals surface area contributed by atoms with Crippen LogP contribution in [0, 0.1) is 20.8 Å². The molecule has 0 atom stereocenters. The largest absolute Gasteiger partial charge is 0.287 e. The smallest absolute Gasteiger partial charge is 0.262 e. The maximum atomic E-state index is 12.5. The van der Waals surface area contributed by atoms with Crippen molar-refractivity contribution in [3.05, 3.63) is 64.2 Å². The molecule has 0 aliphatic carbocycles. The zero-order valence-electron chi connectivity index (χ0n) is 16.0. The van der Waals surface area contributed by atoms with Gasteiger partial charge in [-0.15, -0.1) is 0 Å². The Morgan fingerprint density at radius 2 is 1.50 bits per heavy atom. The van der Waals surface area contributed by atoms with E-state index in [1.54, 1.807) is 50.2 Å². The van der Waals surface area contributed by atoms with E-state index in [0.29, 0.717) is 28.7 Å². The van der Waals surface area contributed by atoms with Gasteiger partial charge in [-0.1, -0.05) is 34.7 Å². The SMILES string of the molecule is Cc1cc(C)c(S(=O)(=O)NOCCCN2C(=O)c3ccccc3C2=O)c(C)c1. The van der Waals surface area contributed by atoms with Crippen LogP contribution in [-0.2, 0) is 14.9 Å². The van der Waals surface area contributed by atoms with Crippen LogP contribution in [0.1, 0.15) is 43.8 Å². The Bertz CT molecular complexity index is 988. The summed E-state index contributed by atoms with van der Waals surface area (Å²) in [5.74, 6) is -0.681. The van der Waals surface area contributed by atoms with Crippen molar-refractivity contribution in [1.82, 2.24) is 9.79 Å². The number of nitrogens with one attached hydrogen (secondary N) is 1. The lowest BCUT2D eigenvalue weighted by Crippen LogP contribution is -2.32. The second kappa shape index (κ2) is 7.83. The van der Waals surface area contributed by atoms with Crippen LogP contribution in [0.3, 0.4) is 0 Å². The Morgan fingerprint density at radius 3 is 2.04 bits per heavy atom. The van der Waals surface area contributed by atoms with E-state index in [1.165, 1.54) is 0 Å². The van der Waals surface area contributed by atoms with Crippen LogP contribution in [-0.4, -0.2) is 38.3 Å². The number of hydrogen-bond donors (Lipinski definition) is 1. The molecule has 0 saturated heterocycles. The summed E-state index contributed by atoms with van der Waals surface area (Å²) in [6.07, 6.45) is 0.305. The zero-order chi connectivity index (χ0) is 20.5. The first-order valence-corrected chi connectivity index (χ1v) is 10.4. The molecule has 2 aromatic carbocycles. The van der Waals surface area contributed by atoms with Gasteiger partial charge in [0.25, 0.3) is 21.8 Å². The summed E-state index contributed by atoms with van der Waals surface area (Å²) in [4.78, 5) is 33.1. The number of hydrogen-bond acceptors (Lipinski definition) is 5. The third-order valence-corrected chi connectivity index (χ3v) is 6.07. The Kier molecular flexibility index (Phi) is 5.64. The normalized spacial score (nSPS) is 13.9. The number of benzene rings is 2. The molecule has 1 heterocycles. The van der Waals surface area contributed by atoms with Crippen LogP contribution in [0.25, 0.3) is 0 Å². The van der Waals surface area contributed by atoms with Crippen molar-refractivity contribution in [2.45, 2.75) is 32.1 Å². The molecule has 0 spiro atoms. The van der Waals surface area contributed by atoms with E-state index in [9.17, 15) is 18.0 Å². The van der Waals surface area contributed by atoms with E-state index in [0.717, 1.165) is 10.5 Å². The fourth-order valence-corrected chi connectivity index (χ4v) is 4.78. The fourth-order valence-electron chi connectivity index (χ4n) is 3.49. The van der Waals surface area contributed by atoms with Gasteiger partial charge in [-0.2, -0.15) is 0 Å². The number of sulfonamides is 1. The maximum Gasteiger partial charge on any atom is 0.262 e. The van der Waals surface area contributed by atoms with Crippen LogP contribution in [0.15, 0.2) is 41.3 Å². The minimum absolute atomic E-state index is 0.0244. The lowest BCUT2D eigenvalue weighted by molar-refractivity contribution is 0.0591. The van der Waals surface area contributed by atoms with Gasteiger partial charge < -0.3 is 0 Å². The van der Waals surface area contributed by atoms with E-state index in [4.69, 9.17) is 4.84 Å². The first-order valence-electron chi connectivity index (χ1n) is 8.89. The molecule has 3 rings (SSSR count). The number of carbonyl (C=O) groups excluding carboxylic acids is 2. The number of aryl methyl sites for hydroxylation is 3. The molecule has 0 radical (unpaired) electrons. The molecule has 1 aliphatic heterocycles. The average Bonchev–Trinajstić information content (AvgIpc) is 2.85. The van der Waals surface area contributed by atoms with Crippen molar-refractivity contribution >= 4 is 21.8 Å². The highest BCUT2D eigenvalue weighted by Crippen LogP contribution is 2.23. The number of imide groups is 1. The van der Waals surface area contributed by atoms with Crippen molar-refractivity contribution in [3.8, 4) is 0 Å². The highest BCUT2D eigenvalue weighted by molar-refractivity contribution is 7.89. The summed E-state index contributed by atoms with van der Waals surface area (Å²) in [5.41, 5.74) is 3.04. The predicted molar refractivity (Wildman–Crippen MR) is 103 cm³/mol. The Balaban J connectivity index is 1.54. The van der Waals surface area contributed by atoms with E-state index >= 15 is 0 Å². The van der Waals surface area contributed by atoms with Crippen molar-refractivity contribution in [1.29, 1.82) is 0 Å². The number of amides is 2. The van der Waals surface area contributed by atoms with E-state index in [2.05, 4.69) is 4.89 Å². The van der Waals surface area contributed by atoms with Gasteiger partial charge in [0, 0.05) is 6.54 Å². The summed E-state index contributed by atoms with van der Waals surface area (Å²) >= 11 is 0. The number of fused-ring (bicyclic) bond motifs is 1. The molecule has 0 bridgehead atoms. The molecule has 0 fully saturated rings. The van der Waals surface area contributed by atoms with Gasteiger partial charge in [0.05, 0.1) is 22.6 Å². The van der Waals surface area contributed by atoms with Gasteiger partial charge in [-0.05, 0) is 50.5 Å². The zero-order valence-corrected chi connectivity index (χ0v) is 16.8. The Morgan fingerprint density at radius 1 is 0.964 bits per heavy atom. The van der Waals surface area contributed by atoms with E-state index in [1.807, 2.05) is 6.92 Å². The molecule has 0 unspecified atom stereocenters. The lowest BCUT2D eigenvalue weighted by Gasteiger charge is -2.15. The molecule has 8 heteroatoms. The minimum Gasteiger partial charge on any atom is -0.287 e. The van der Waals surface area contributed by atoms with Crippen LogP contribution in [0.5, 0.6) is 0 Å². The van der Waals surface area contributed by atoms with Crippen molar-refractivity contribution in [3.63, 3.8) is 0 Å². The number of nitrogens with zero attached hydrogens (tertiary/aromatic N) is 1. The molecule has 2 aromatic rings. The van der Waals surface area contributed by atoms with Gasteiger partial charge >= 0.3 is 0 Å². The molecular formula is C20H22N2O5S. The van der Waals surface area contributed by atoms with Gasteiger partial charge in [-0.25, -0.2) is 8.42 Å². The Hall–Kier alpha value is -2.55. The summed E-state index contributed by atoms with van der Waals surface area (Å²) in [6, 6.07) is 10.2. The molecule has 28 heavy (non-hydrogen) atoms. The molecular weight excluding hydrogens is 380 g/mol. The minimum atomic E-state index is -3.82. The summed E-state index contributed by atoms with van der Waals surface area (Å²) in [6.45, 7) is 5.54. The standard InChI is InChI=1S/C20H22N2O5S/c1-13-11-14(2)18(15(3)12-13)28(25,26)21-27-10-6-9-22-19(23)16-7-4-5-8-17(16)20(22)24/h4-5,7-8,11-12,21H,6,9-10H2,1-3H3.